The largest absolute Gasteiger partial charge is 0.479 e. The number of hydrogen-bond donors (Lipinski definition) is 2. The van der Waals surface area contributed by atoms with Crippen LogP contribution in [0.1, 0.15) is 32.1 Å². The fraction of sp³-hybridized carbons (Fsp3) is 0.833. The average molecular weight is 277 g/mol. The maximum Gasteiger partial charge on any atom is 0.332 e. The number of carboxylic acid groups (broad SMARTS) is 1. The maximum absolute atomic E-state index is 13.0. The van der Waals surface area contributed by atoms with Crippen LogP contribution in [-0.4, -0.2) is 41.7 Å². The first-order valence-electron chi connectivity index (χ1n) is 6.41. The number of carboxylic acids is 1. The number of nitrogens with one attached hydrogen (secondary N) is 1. The lowest BCUT2D eigenvalue weighted by Crippen LogP contribution is -2.36. The van der Waals surface area contributed by atoms with Gasteiger partial charge in [-0.3, -0.25) is 4.79 Å². The van der Waals surface area contributed by atoms with Gasteiger partial charge in [0.05, 0.1) is 6.10 Å². The van der Waals surface area contributed by atoms with Crippen LogP contribution in [0.3, 0.4) is 0 Å². The van der Waals surface area contributed by atoms with Gasteiger partial charge in [-0.15, -0.1) is 0 Å². The molecule has 0 aromatic heterocycles. The first-order chi connectivity index (χ1) is 8.87. The van der Waals surface area contributed by atoms with Crippen molar-refractivity contribution in [1.82, 2.24) is 5.32 Å². The average Bonchev–Trinajstić information content (AvgIpc) is 2.92. The van der Waals surface area contributed by atoms with Crippen LogP contribution in [0.2, 0.25) is 0 Å². The molecule has 1 amide bonds. The molecule has 2 fully saturated rings. The Morgan fingerprint density at radius 3 is 2.58 bits per heavy atom. The molecule has 1 saturated heterocycles. The van der Waals surface area contributed by atoms with E-state index in [0.29, 0.717) is 12.8 Å². The zero-order valence-electron chi connectivity index (χ0n) is 10.4. The Morgan fingerprint density at radius 2 is 2.05 bits per heavy atom. The first-order valence-corrected chi connectivity index (χ1v) is 6.41. The van der Waals surface area contributed by atoms with Gasteiger partial charge in [0.15, 0.2) is 6.10 Å². The number of halogens is 2. The SMILES string of the molecule is O=C(NCC1CCC(C(=O)O)O1)C1CCC(F)(F)C1. The van der Waals surface area contributed by atoms with Crippen molar-refractivity contribution in [3.63, 3.8) is 0 Å². The van der Waals surface area contributed by atoms with E-state index in [1.54, 1.807) is 0 Å². The molecule has 19 heavy (non-hydrogen) atoms. The molecule has 1 saturated carbocycles. The molecule has 7 heteroatoms. The van der Waals surface area contributed by atoms with Crippen molar-refractivity contribution in [3.8, 4) is 0 Å². The van der Waals surface area contributed by atoms with E-state index in [-0.39, 0.29) is 31.4 Å². The number of alkyl halides is 2. The molecule has 0 aromatic carbocycles. The molecular weight excluding hydrogens is 260 g/mol. The number of carbonyl (C=O) groups is 2. The summed E-state index contributed by atoms with van der Waals surface area (Å²) in [4.78, 5) is 22.4. The third-order valence-electron chi connectivity index (χ3n) is 3.66. The standard InChI is InChI=1S/C12H17F2NO4/c13-12(14)4-3-7(5-12)10(16)15-6-8-1-2-9(19-8)11(17)18/h7-9H,1-6H2,(H,15,16)(H,17,18). The Hall–Kier alpha value is -1.24. The molecule has 0 spiro atoms. The van der Waals surface area contributed by atoms with E-state index < -0.39 is 30.3 Å². The summed E-state index contributed by atoms with van der Waals surface area (Å²) in [6.07, 6.45) is -0.643. The third kappa shape index (κ3) is 3.62. The minimum absolute atomic E-state index is 0.185. The lowest BCUT2D eigenvalue weighted by molar-refractivity contribution is -0.149. The van der Waals surface area contributed by atoms with Gasteiger partial charge in [-0.1, -0.05) is 0 Å². The van der Waals surface area contributed by atoms with Gasteiger partial charge < -0.3 is 15.2 Å². The van der Waals surface area contributed by atoms with E-state index in [1.807, 2.05) is 0 Å². The number of ether oxygens (including phenoxy) is 1. The van der Waals surface area contributed by atoms with E-state index in [0.717, 1.165) is 0 Å². The summed E-state index contributed by atoms with van der Waals surface area (Å²) < 4.78 is 31.1. The van der Waals surface area contributed by atoms with Crippen molar-refractivity contribution < 1.29 is 28.2 Å². The molecule has 1 aliphatic carbocycles. The molecular formula is C12H17F2NO4. The summed E-state index contributed by atoms with van der Waals surface area (Å²) in [7, 11) is 0. The molecule has 1 aliphatic heterocycles. The van der Waals surface area contributed by atoms with Gasteiger partial charge in [0.25, 0.3) is 0 Å². The maximum atomic E-state index is 13.0. The van der Waals surface area contributed by atoms with Gasteiger partial charge in [-0.25, -0.2) is 13.6 Å². The summed E-state index contributed by atoms with van der Waals surface area (Å²) in [6.45, 7) is 0.185. The lowest BCUT2D eigenvalue weighted by atomic mass is 10.1. The van der Waals surface area contributed by atoms with Crippen LogP contribution in [-0.2, 0) is 14.3 Å². The highest BCUT2D eigenvalue weighted by Crippen LogP contribution is 2.38. The Balaban J connectivity index is 1.72. The van der Waals surface area contributed by atoms with Crippen LogP contribution in [0.15, 0.2) is 0 Å². The minimum atomic E-state index is -2.74. The van der Waals surface area contributed by atoms with Gasteiger partial charge in [-0.2, -0.15) is 0 Å². The fourth-order valence-electron chi connectivity index (χ4n) is 2.57. The smallest absolute Gasteiger partial charge is 0.332 e. The zero-order valence-corrected chi connectivity index (χ0v) is 10.4. The molecule has 2 N–H and O–H groups in total. The third-order valence-corrected chi connectivity index (χ3v) is 3.66. The molecule has 2 aliphatic rings. The number of hydrogen-bond acceptors (Lipinski definition) is 3. The molecule has 5 nitrogen and oxygen atoms in total. The van der Waals surface area contributed by atoms with Gasteiger partial charge in [-0.05, 0) is 19.3 Å². The molecule has 108 valence electrons. The second-order valence-corrected chi connectivity index (χ2v) is 5.20. The summed E-state index contributed by atoms with van der Waals surface area (Å²) in [6, 6.07) is 0. The molecule has 1 heterocycles. The van der Waals surface area contributed by atoms with Crippen molar-refractivity contribution in [2.75, 3.05) is 6.54 Å². The van der Waals surface area contributed by atoms with Crippen LogP contribution in [0.25, 0.3) is 0 Å². The fourth-order valence-corrected chi connectivity index (χ4v) is 2.57. The quantitative estimate of drug-likeness (QED) is 0.809. The monoisotopic (exact) mass is 277 g/mol. The Labute approximate surface area is 109 Å². The van der Waals surface area contributed by atoms with Crippen LogP contribution >= 0.6 is 0 Å². The van der Waals surface area contributed by atoms with Crippen molar-refractivity contribution in [1.29, 1.82) is 0 Å². The highest BCUT2D eigenvalue weighted by molar-refractivity contribution is 5.79. The van der Waals surface area contributed by atoms with Gasteiger partial charge in [0.1, 0.15) is 0 Å². The van der Waals surface area contributed by atoms with Crippen molar-refractivity contribution in [2.24, 2.45) is 5.92 Å². The van der Waals surface area contributed by atoms with Crippen LogP contribution in [0, 0.1) is 5.92 Å². The molecule has 0 bridgehead atoms. The zero-order chi connectivity index (χ0) is 14.0. The molecule has 3 atom stereocenters. The first kappa shape index (κ1) is 14.2. The number of amides is 1. The summed E-state index contributed by atoms with van der Waals surface area (Å²) in [5, 5.41) is 11.3. The van der Waals surface area contributed by atoms with Crippen LogP contribution in [0.5, 0.6) is 0 Å². The molecule has 0 aromatic rings. The normalized spacial score (nSPS) is 33.3. The van der Waals surface area contributed by atoms with Gasteiger partial charge in [0, 0.05) is 25.3 Å². The molecule has 3 unspecified atom stereocenters. The topological polar surface area (TPSA) is 75.6 Å². The van der Waals surface area contributed by atoms with E-state index >= 15 is 0 Å². The van der Waals surface area contributed by atoms with Crippen LogP contribution in [0.4, 0.5) is 8.78 Å². The second kappa shape index (κ2) is 5.40. The molecule has 2 rings (SSSR count). The van der Waals surface area contributed by atoms with E-state index in [2.05, 4.69) is 5.32 Å². The minimum Gasteiger partial charge on any atom is -0.479 e. The predicted octanol–water partition coefficient (Wildman–Crippen LogP) is 1.17. The lowest BCUT2D eigenvalue weighted by Gasteiger charge is -2.15. The number of aliphatic carboxylic acids is 1. The molecule has 0 radical (unpaired) electrons. The highest BCUT2D eigenvalue weighted by Gasteiger charge is 2.42. The second-order valence-electron chi connectivity index (χ2n) is 5.20. The van der Waals surface area contributed by atoms with Crippen LogP contribution < -0.4 is 5.32 Å². The number of carbonyl (C=O) groups excluding carboxylic acids is 1. The summed E-state index contributed by atoms with van der Waals surface area (Å²) in [5.41, 5.74) is 0. The van der Waals surface area contributed by atoms with E-state index in [4.69, 9.17) is 9.84 Å². The summed E-state index contributed by atoms with van der Waals surface area (Å²) >= 11 is 0. The van der Waals surface area contributed by atoms with Crippen molar-refractivity contribution in [2.45, 2.75) is 50.2 Å². The van der Waals surface area contributed by atoms with E-state index in [9.17, 15) is 18.4 Å². The van der Waals surface area contributed by atoms with Crippen molar-refractivity contribution >= 4 is 11.9 Å². The van der Waals surface area contributed by atoms with Gasteiger partial charge >= 0.3 is 5.97 Å². The Bertz CT molecular complexity index is 375. The Morgan fingerprint density at radius 1 is 1.32 bits per heavy atom. The highest BCUT2D eigenvalue weighted by atomic mass is 19.3. The van der Waals surface area contributed by atoms with Crippen molar-refractivity contribution in [3.05, 3.63) is 0 Å². The summed E-state index contributed by atoms with van der Waals surface area (Å²) in [5.74, 6) is -4.78. The Kier molecular flexibility index (Phi) is 4.03. The number of rotatable bonds is 4. The van der Waals surface area contributed by atoms with Gasteiger partial charge in [0.2, 0.25) is 11.8 Å². The van der Waals surface area contributed by atoms with E-state index in [1.165, 1.54) is 0 Å². The predicted molar refractivity (Wildman–Crippen MR) is 60.8 cm³/mol.